The van der Waals surface area contributed by atoms with Gasteiger partial charge < -0.3 is 15.0 Å². The molecule has 1 saturated heterocycles. The van der Waals surface area contributed by atoms with E-state index in [2.05, 4.69) is 20.3 Å². The number of likely N-dealkylation sites (tertiary alicyclic amines) is 1. The number of nitrogens with one attached hydrogen (secondary N) is 1. The predicted octanol–water partition coefficient (Wildman–Crippen LogP) is 2.78. The Bertz CT molecular complexity index is 1050. The van der Waals surface area contributed by atoms with Crippen LogP contribution in [0.4, 0.5) is 0 Å². The van der Waals surface area contributed by atoms with Crippen LogP contribution in [0.2, 0.25) is 0 Å². The molecule has 9 heteroatoms. The number of piperidine rings is 1. The van der Waals surface area contributed by atoms with Gasteiger partial charge in [0.05, 0.1) is 25.5 Å². The van der Waals surface area contributed by atoms with Gasteiger partial charge in [0.15, 0.2) is 0 Å². The zero-order valence-electron chi connectivity index (χ0n) is 17.2. The SMILES string of the molecule is COc1cccc(C(=O)N2CCC(C(=O)NCc3csc(-c4cnccn4)n3)CC2)c1. The number of nitrogens with zero attached hydrogens (tertiary/aromatic N) is 4. The second-order valence-electron chi connectivity index (χ2n) is 7.25. The zero-order chi connectivity index (χ0) is 21.6. The number of ether oxygens (including phenoxy) is 1. The van der Waals surface area contributed by atoms with Crippen LogP contribution >= 0.6 is 11.3 Å². The lowest BCUT2D eigenvalue weighted by molar-refractivity contribution is -0.126. The van der Waals surface area contributed by atoms with Crippen LogP contribution in [-0.4, -0.2) is 51.9 Å². The zero-order valence-corrected chi connectivity index (χ0v) is 18.0. The number of hydrogen-bond acceptors (Lipinski definition) is 7. The third kappa shape index (κ3) is 5.05. The van der Waals surface area contributed by atoms with Gasteiger partial charge in [-0.25, -0.2) is 4.98 Å². The van der Waals surface area contributed by atoms with E-state index in [0.717, 1.165) is 16.4 Å². The van der Waals surface area contributed by atoms with Gasteiger partial charge in [0.25, 0.3) is 5.91 Å². The molecule has 0 saturated carbocycles. The summed E-state index contributed by atoms with van der Waals surface area (Å²) in [5.74, 6) is 0.524. The largest absolute Gasteiger partial charge is 0.497 e. The maximum atomic E-state index is 12.7. The van der Waals surface area contributed by atoms with Crippen molar-refractivity contribution in [3.8, 4) is 16.5 Å². The van der Waals surface area contributed by atoms with Gasteiger partial charge in [-0.2, -0.15) is 0 Å². The molecular weight excluding hydrogens is 414 g/mol. The third-order valence-corrected chi connectivity index (χ3v) is 6.16. The van der Waals surface area contributed by atoms with Crippen molar-refractivity contribution in [1.29, 1.82) is 0 Å². The van der Waals surface area contributed by atoms with Gasteiger partial charge in [-0.15, -0.1) is 11.3 Å². The highest BCUT2D eigenvalue weighted by atomic mass is 32.1. The molecule has 0 aliphatic carbocycles. The van der Waals surface area contributed by atoms with Crippen molar-refractivity contribution in [3.05, 3.63) is 59.5 Å². The summed E-state index contributed by atoms with van der Waals surface area (Å²) in [6.45, 7) is 1.49. The Balaban J connectivity index is 1.27. The van der Waals surface area contributed by atoms with Crippen molar-refractivity contribution in [2.75, 3.05) is 20.2 Å². The van der Waals surface area contributed by atoms with E-state index < -0.39 is 0 Å². The van der Waals surface area contributed by atoms with Crippen molar-refractivity contribution in [2.24, 2.45) is 5.92 Å². The summed E-state index contributed by atoms with van der Waals surface area (Å²) in [5, 5.41) is 5.67. The smallest absolute Gasteiger partial charge is 0.253 e. The number of methoxy groups -OCH3 is 1. The quantitative estimate of drug-likeness (QED) is 0.637. The fourth-order valence-electron chi connectivity index (χ4n) is 3.52. The van der Waals surface area contributed by atoms with Crippen molar-refractivity contribution >= 4 is 23.2 Å². The maximum absolute atomic E-state index is 12.7. The molecule has 31 heavy (non-hydrogen) atoms. The van der Waals surface area contributed by atoms with Crippen LogP contribution in [0.15, 0.2) is 48.2 Å². The van der Waals surface area contributed by atoms with Gasteiger partial charge in [-0.05, 0) is 31.0 Å². The molecule has 3 aromatic rings. The standard InChI is InChI=1S/C22H23N5O3S/c1-30-18-4-2-3-16(11-18)22(29)27-9-5-15(6-10-27)20(28)25-12-17-14-31-21(26-17)19-13-23-7-8-24-19/h2-4,7-8,11,13-15H,5-6,9-10,12H2,1H3,(H,25,28). The molecule has 3 heterocycles. The Morgan fingerprint density at radius 2 is 2.10 bits per heavy atom. The predicted molar refractivity (Wildman–Crippen MR) is 117 cm³/mol. The molecule has 0 bridgehead atoms. The fourth-order valence-corrected chi connectivity index (χ4v) is 4.30. The number of carbonyl (C=O) groups excluding carboxylic acids is 2. The first-order valence-corrected chi connectivity index (χ1v) is 10.9. The lowest BCUT2D eigenvalue weighted by Gasteiger charge is -2.31. The molecule has 1 fully saturated rings. The van der Waals surface area contributed by atoms with E-state index in [4.69, 9.17) is 4.74 Å². The van der Waals surface area contributed by atoms with Crippen molar-refractivity contribution in [1.82, 2.24) is 25.2 Å². The van der Waals surface area contributed by atoms with Crippen LogP contribution in [-0.2, 0) is 11.3 Å². The number of thiazole rings is 1. The fraction of sp³-hybridized carbons (Fsp3) is 0.318. The van der Waals surface area contributed by atoms with Gasteiger partial charge in [0.1, 0.15) is 16.5 Å². The number of aromatic nitrogens is 3. The van der Waals surface area contributed by atoms with Gasteiger partial charge in [-0.3, -0.25) is 19.6 Å². The van der Waals surface area contributed by atoms with Crippen LogP contribution in [0.3, 0.4) is 0 Å². The lowest BCUT2D eigenvalue weighted by Crippen LogP contribution is -2.42. The molecule has 8 nitrogen and oxygen atoms in total. The summed E-state index contributed by atoms with van der Waals surface area (Å²) in [7, 11) is 1.58. The molecule has 160 valence electrons. The van der Waals surface area contributed by atoms with E-state index >= 15 is 0 Å². The molecule has 1 aliphatic heterocycles. The second kappa shape index (κ2) is 9.65. The second-order valence-corrected chi connectivity index (χ2v) is 8.11. The highest BCUT2D eigenvalue weighted by Crippen LogP contribution is 2.23. The number of rotatable bonds is 6. The molecule has 1 aliphatic rings. The summed E-state index contributed by atoms with van der Waals surface area (Å²) in [6.07, 6.45) is 6.20. The van der Waals surface area contributed by atoms with Crippen molar-refractivity contribution in [2.45, 2.75) is 19.4 Å². The van der Waals surface area contributed by atoms with Crippen LogP contribution < -0.4 is 10.1 Å². The molecule has 4 rings (SSSR count). The number of amides is 2. The molecular formula is C22H23N5O3S. The minimum atomic E-state index is -0.104. The Hall–Kier alpha value is -3.33. The molecule has 1 N–H and O–H groups in total. The van der Waals surface area contributed by atoms with Gasteiger partial charge in [0.2, 0.25) is 5.91 Å². The van der Waals surface area contributed by atoms with Crippen molar-refractivity contribution < 1.29 is 14.3 Å². The molecule has 2 aromatic heterocycles. The van der Waals surface area contributed by atoms with E-state index in [1.807, 2.05) is 11.4 Å². The molecule has 0 atom stereocenters. The molecule has 1 aromatic carbocycles. The van der Waals surface area contributed by atoms with E-state index in [1.54, 1.807) is 48.8 Å². The van der Waals surface area contributed by atoms with Gasteiger partial charge in [0, 0.05) is 42.3 Å². The Morgan fingerprint density at radius 3 is 2.84 bits per heavy atom. The van der Waals surface area contributed by atoms with Crippen LogP contribution in [0.25, 0.3) is 10.7 Å². The Labute approximate surface area is 184 Å². The Kier molecular flexibility index (Phi) is 6.51. The third-order valence-electron chi connectivity index (χ3n) is 5.25. The summed E-state index contributed by atoms with van der Waals surface area (Å²) in [5.41, 5.74) is 2.12. The van der Waals surface area contributed by atoms with Crippen LogP contribution in [0.1, 0.15) is 28.9 Å². The summed E-state index contributed by atoms with van der Waals surface area (Å²) < 4.78 is 5.20. The van der Waals surface area contributed by atoms with E-state index in [0.29, 0.717) is 43.8 Å². The van der Waals surface area contributed by atoms with Gasteiger partial charge >= 0.3 is 0 Å². The number of benzene rings is 1. The summed E-state index contributed by atoms with van der Waals surface area (Å²) in [6, 6.07) is 7.14. The number of hydrogen-bond donors (Lipinski definition) is 1. The lowest BCUT2D eigenvalue weighted by atomic mass is 9.95. The van der Waals surface area contributed by atoms with Gasteiger partial charge in [-0.1, -0.05) is 6.07 Å². The Morgan fingerprint density at radius 1 is 1.26 bits per heavy atom. The van der Waals surface area contributed by atoms with E-state index in [1.165, 1.54) is 11.3 Å². The monoisotopic (exact) mass is 437 g/mol. The number of carbonyl (C=O) groups is 2. The van der Waals surface area contributed by atoms with E-state index in [9.17, 15) is 9.59 Å². The molecule has 2 amide bonds. The molecule has 0 spiro atoms. The normalized spacial score (nSPS) is 14.3. The average Bonchev–Trinajstić information content (AvgIpc) is 3.32. The minimum absolute atomic E-state index is 0.00234. The van der Waals surface area contributed by atoms with Crippen LogP contribution in [0.5, 0.6) is 5.75 Å². The van der Waals surface area contributed by atoms with E-state index in [-0.39, 0.29) is 17.7 Å². The first-order chi connectivity index (χ1) is 15.1. The van der Waals surface area contributed by atoms with Crippen molar-refractivity contribution in [3.63, 3.8) is 0 Å². The average molecular weight is 438 g/mol. The summed E-state index contributed by atoms with van der Waals surface area (Å²) in [4.78, 5) is 39.9. The topological polar surface area (TPSA) is 97.3 Å². The maximum Gasteiger partial charge on any atom is 0.253 e. The first-order valence-electron chi connectivity index (χ1n) is 10.1. The minimum Gasteiger partial charge on any atom is -0.497 e. The molecule has 0 radical (unpaired) electrons. The first kappa shape index (κ1) is 20.9. The highest BCUT2D eigenvalue weighted by molar-refractivity contribution is 7.13. The molecule has 0 unspecified atom stereocenters. The highest BCUT2D eigenvalue weighted by Gasteiger charge is 2.28. The summed E-state index contributed by atoms with van der Waals surface area (Å²) >= 11 is 1.48. The van der Waals surface area contributed by atoms with Crippen LogP contribution in [0, 0.1) is 5.92 Å².